The zero-order chi connectivity index (χ0) is 15.4. The fraction of sp³-hybridized carbons (Fsp3) is 0.214. The van der Waals surface area contributed by atoms with Crippen LogP contribution in [0.5, 0.6) is 0 Å². The highest BCUT2D eigenvalue weighted by molar-refractivity contribution is 5.90. The number of hydrogen-bond acceptors (Lipinski definition) is 4. The minimum Gasteiger partial charge on any atom is -0.477 e. The minimum atomic E-state index is -1.12. The topological polar surface area (TPSA) is 104 Å². The summed E-state index contributed by atoms with van der Waals surface area (Å²) < 4.78 is 5.42. The summed E-state index contributed by atoms with van der Waals surface area (Å²) in [5.41, 5.74) is 0.320. The van der Waals surface area contributed by atoms with Crippen LogP contribution in [0, 0.1) is 6.92 Å². The second-order valence-corrected chi connectivity index (χ2v) is 4.51. The lowest BCUT2D eigenvalue weighted by molar-refractivity contribution is 0.0690. The Bertz CT molecular complexity index is 648. The van der Waals surface area contributed by atoms with Crippen molar-refractivity contribution < 1.29 is 19.1 Å². The number of aryl methyl sites for hydroxylation is 1. The molecule has 0 fully saturated rings. The summed E-state index contributed by atoms with van der Waals surface area (Å²) in [6, 6.07) is 5.68. The number of aromatic carboxylic acids is 1. The number of carbonyl (C=O) groups is 2. The number of furan rings is 1. The summed E-state index contributed by atoms with van der Waals surface area (Å²) in [5, 5.41) is 14.0. The van der Waals surface area contributed by atoms with Crippen LogP contribution in [0.15, 0.2) is 34.9 Å². The Labute approximate surface area is 121 Å². The minimum absolute atomic E-state index is 0.0830. The number of rotatable bonds is 4. The number of amides is 2. The number of hydrogen-bond donors (Lipinski definition) is 3. The average Bonchev–Trinajstić information content (AvgIpc) is 2.86. The first-order valence-corrected chi connectivity index (χ1v) is 6.29. The normalized spacial score (nSPS) is 11.7. The van der Waals surface area contributed by atoms with Gasteiger partial charge in [-0.05, 0) is 38.1 Å². The molecule has 3 N–H and O–H groups in total. The van der Waals surface area contributed by atoms with E-state index in [9.17, 15) is 9.59 Å². The van der Waals surface area contributed by atoms with Crippen molar-refractivity contribution in [2.75, 3.05) is 5.32 Å². The maximum absolute atomic E-state index is 11.8. The van der Waals surface area contributed by atoms with Gasteiger partial charge in [-0.25, -0.2) is 14.6 Å². The van der Waals surface area contributed by atoms with E-state index in [1.165, 1.54) is 18.3 Å². The van der Waals surface area contributed by atoms with Crippen molar-refractivity contribution in [2.24, 2.45) is 0 Å². The van der Waals surface area contributed by atoms with Gasteiger partial charge in [-0.3, -0.25) is 0 Å². The molecule has 21 heavy (non-hydrogen) atoms. The Hall–Kier alpha value is -2.83. The third-order valence-corrected chi connectivity index (χ3v) is 2.78. The molecule has 1 unspecified atom stereocenters. The van der Waals surface area contributed by atoms with Crippen LogP contribution in [0.3, 0.4) is 0 Å². The van der Waals surface area contributed by atoms with Crippen LogP contribution in [-0.4, -0.2) is 22.1 Å². The van der Waals surface area contributed by atoms with Crippen molar-refractivity contribution in [2.45, 2.75) is 19.9 Å². The van der Waals surface area contributed by atoms with Gasteiger partial charge in [0.1, 0.15) is 17.2 Å². The third-order valence-electron chi connectivity index (χ3n) is 2.78. The second-order valence-electron chi connectivity index (χ2n) is 4.51. The summed E-state index contributed by atoms with van der Waals surface area (Å²) in [7, 11) is 0. The number of carboxylic acid groups (broad SMARTS) is 1. The van der Waals surface area contributed by atoms with Crippen molar-refractivity contribution in [3.8, 4) is 0 Å². The number of nitrogens with one attached hydrogen (secondary N) is 2. The van der Waals surface area contributed by atoms with Gasteiger partial charge in [0.2, 0.25) is 0 Å². The molecular formula is C14H15N3O4. The Morgan fingerprint density at radius 2 is 2.05 bits per heavy atom. The van der Waals surface area contributed by atoms with Crippen LogP contribution in [0.2, 0.25) is 0 Å². The molecule has 2 aromatic heterocycles. The molecular weight excluding hydrogens is 274 g/mol. The molecule has 0 spiro atoms. The van der Waals surface area contributed by atoms with E-state index in [1.54, 1.807) is 13.0 Å². The van der Waals surface area contributed by atoms with E-state index in [1.807, 2.05) is 13.0 Å². The van der Waals surface area contributed by atoms with E-state index in [0.717, 1.165) is 5.76 Å². The molecule has 0 saturated carbocycles. The zero-order valence-electron chi connectivity index (χ0n) is 11.6. The number of pyridine rings is 1. The van der Waals surface area contributed by atoms with Gasteiger partial charge in [0.15, 0.2) is 0 Å². The van der Waals surface area contributed by atoms with E-state index in [4.69, 9.17) is 9.52 Å². The molecule has 2 heterocycles. The van der Waals surface area contributed by atoms with Gasteiger partial charge in [-0.2, -0.15) is 0 Å². The van der Waals surface area contributed by atoms with Crippen LogP contribution >= 0.6 is 0 Å². The van der Waals surface area contributed by atoms with Crippen LogP contribution in [0.1, 0.15) is 35.0 Å². The van der Waals surface area contributed by atoms with E-state index in [-0.39, 0.29) is 11.7 Å². The number of anilines is 1. The Balaban J connectivity index is 1.93. The molecule has 110 valence electrons. The van der Waals surface area contributed by atoms with Crippen LogP contribution in [-0.2, 0) is 0 Å². The summed E-state index contributed by atoms with van der Waals surface area (Å²) >= 11 is 0. The van der Waals surface area contributed by atoms with Gasteiger partial charge in [-0.1, -0.05) is 0 Å². The molecule has 0 bridgehead atoms. The van der Waals surface area contributed by atoms with Crippen molar-refractivity contribution in [1.29, 1.82) is 0 Å². The molecule has 0 aromatic carbocycles. The highest BCUT2D eigenvalue weighted by Crippen LogP contribution is 2.15. The second kappa shape index (κ2) is 6.08. The highest BCUT2D eigenvalue weighted by Gasteiger charge is 2.13. The van der Waals surface area contributed by atoms with Gasteiger partial charge in [-0.15, -0.1) is 0 Å². The Morgan fingerprint density at radius 3 is 2.57 bits per heavy atom. The first-order valence-electron chi connectivity index (χ1n) is 6.29. The van der Waals surface area contributed by atoms with Gasteiger partial charge >= 0.3 is 12.0 Å². The quantitative estimate of drug-likeness (QED) is 0.802. The fourth-order valence-electron chi connectivity index (χ4n) is 1.72. The predicted octanol–water partition coefficient (Wildman–Crippen LogP) is 2.56. The first kappa shape index (κ1) is 14.6. The molecule has 0 radical (unpaired) electrons. The monoisotopic (exact) mass is 289 g/mol. The van der Waals surface area contributed by atoms with Crippen molar-refractivity contribution in [3.63, 3.8) is 0 Å². The summed E-state index contributed by atoms with van der Waals surface area (Å²) in [4.78, 5) is 26.2. The summed E-state index contributed by atoms with van der Waals surface area (Å²) in [6.07, 6.45) is 1.28. The number of urea groups is 1. The number of nitrogens with zero attached hydrogens (tertiary/aromatic N) is 1. The smallest absolute Gasteiger partial charge is 0.354 e. The summed E-state index contributed by atoms with van der Waals surface area (Å²) in [5.74, 6) is 0.308. The summed E-state index contributed by atoms with van der Waals surface area (Å²) in [6.45, 7) is 3.62. The van der Waals surface area contributed by atoms with Gasteiger partial charge in [0, 0.05) is 0 Å². The van der Waals surface area contributed by atoms with E-state index in [0.29, 0.717) is 11.4 Å². The molecule has 0 aliphatic rings. The molecule has 2 aromatic rings. The molecule has 2 amide bonds. The fourth-order valence-corrected chi connectivity index (χ4v) is 1.72. The Kier molecular flexibility index (Phi) is 4.22. The third kappa shape index (κ3) is 3.82. The highest BCUT2D eigenvalue weighted by atomic mass is 16.4. The molecule has 2 rings (SSSR count). The Morgan fingerprint density at radius 1 is 1.29 bits per heavy atom. The van der Waals surface area contributed by atoms with E-state index in [2.05, 4.69) is 15.6 Å². The standard InChI is InChI=1S/C14H15N3O4/c1-8-3-6-12(21-8)9(2)16-14(20)17-10-4-5-11(13(18)19)15-7-10/h3-7,9H,1-2H3,(H,18,19)(H2,16,17,20). The van der Waals surface area contributed by atoms with Crippen molar-refractivity contribution in [3.05, 3.63) is 47.7 Å². The molecule has 7 heteroatoms. The SMILES string of the molecule is Cc1ccc(C(C)NC(=O)Nc2ccc(C(=O)O)nc2)o1. The maximum Gasteiger partial charge on any atom is 0.354 e. The van der Waals surface area contributed by atoms with Crippen LogP contribution in [0.25, 0.3) is 0 Å². The van der Waals surface area contributed by atoms with Crippen molar-refractivity contribution in [1.82, 2.24) is 10.3 Å². The van der Waals surface area contributed by atoms with Crippen LogP contribution in [0.4, 0.5) is 10.5 Å². The first-order chi connectivity index (χ1) is 9.95. The molecule has 0 aliphatic carbocycles. The largest absolute Gasteiger partial charge is 0.477 e. The average molecular weight is 289 g/mol. The van der Waals surface area contributed by atoms with E-state index >= 15 is 0 Å². The van der Waals surface area contributed by atoms with Crippen LogP contribution < -0.4 is 10.6 Å². The molecule has 0 aliphatic heterocycles. The number of carboxylic acids is 1. The molecule has 7 nitrogen and oxygen atoms in total. The van der Waals surface area contributed by atoms with E-state index < -0.39 is 12.0 Å². The number of carbonyl (C=O) groups excluding carboxylic acids is 1. The molecule has 1 atom stereocenters. The predicted molar refractivity (Wildman–Crippen MR) is 75.2 cm³/mol. The van der Waals surface area contributed by atoms with Gasteiger partial charge in [0.05, 0.1) is 17.9 Å². The lowest BCUT2D eigenvalue weighted by Gasteiger charge is -2.12. The van der Waals surface area contributed by atoms with Crippen molar-refractivity contribution >= 4 is 17.7 Å². The maximum atomic E-state index is 11.8. The van der Waals surface area contributed by atoms with Gasteiger partial charge in [0.25, 0.3) is 0 Å². The lowest BCUT2D eigenvalue weighted by atomic mass is 10.2. The zero-order valence-corrected chi connectivity index (χ0v) is 11.6. The van der Waals surface area contributed by atoms with Gasteiger partial charge < -0.3 is 20.2 Å². The number of aromatic nitrogens is 1. The lowest BCUT2D eigenvalue weighted by Crippen LogP contribution is -2.31. The molecule has 0 saturated heterocycles.